The van der Waals surface area contributed by atoms with Crippen molar-refractivity contribution in [2.75, 3.05) is 29.9 Å². The summed E-state index contributed by atoms with van der Waals surface area (Å²) in [5.41, 5.74) is 7.60. The van der Waals surface area contributed by atoms with Gasteiger partial charge in [-0.25, -0.2) is 15.0 Å². The Balaban J connectivity index is 1.98. The van der Waals surface area contributed by atoms with Crippen LogP contribution in [0.15, 0.2) is 48.8 Å². The summed E-state index contributed by atoms with van der Waals surface area (Å²) < 4.78 is 0. The number of nitrogens with zero attached hydrogens (tertiary/aromatic N) is 4. The van der Waals surface area contributed by atoms with Gasteiger partial charge in [0.15, 0.2) is 0 Å². The number of pyridine rings is 1. The minimum atomic E-state index is -0.996. The average Bonchev–Trinajstić information content (AvgIpc) is 2.77. The van der Waals surface area contributed by atoms with Crippen molar-refractivity contribution in [1.29, 1.82) is 0 Å². The lowest BCUT2D eigenvalue weighted by atomic mass is 10.2. The fourth-order valence-corrected chi connectivity index (χ4v) is 3.33. The van der Waals surface area contributed by atoms with E-state index in [9.17, 15) is 5.11 Å². The average molecular weight is 463 g/mol. The first-order valence-corrected chi connectivity index (χ1v) is 10.6. The van der Waals surface area contributed by atoms with Crippen LogP contribution in [0.4, 0.5) is 17.5 Å². The predicted molar refractivity (Wildman–Crippen MR) is 124 cm³/mol. The van der Waals surface area contributed by atoms with Crippen LogP contribution in [0.3, 0.4) is 0 Å². The maximum absolute atomic E-state index is 10.8. The smallest absolute Gasteiger partial charge is 0.232 e. The maximum atomic E-state index is 10.8. The zero-order valence-electron chi connectivity index (χ0n) is 16.7. The molecule has 5 N–H and O–H groups in total. The molecule has 164 valence electrons. The van der Waals surface area contributed by atoms with Gasteiger partial charge in [0.05, 0.1) is 16.4 Å². The van der Waals surface area contributed by atoms with Crippen LogP contribution in [-0.2, 0) is 0 Å². The molecular weight excluding hydrogens is 439 g/mol. The molecule has 0 spiro atoms. The molecule has 8 nitrogen and oxygen atoms in total. The second-order valence-corrected chi connectivity index (χ2v) is 7.54. The summed E-state index contributed by atoms with van der Waals surface area (Å²) in [6.45, 7) is 0.978. The summed E-state index contributed by atoms with van der Waals surface area (Å²) in [6, 6.07) is 10.4. The quantitative estimate of drug-likeness (QED) is 0.267. The Morgan fingerprint density at radius 3 is 2.68 bits per heavy atom. The van der Waals surface area contributed by atoms with Gasteiger partial charge in [-0.05, 0) is 49.4 Å². The van der Waals surface area contributed by atoms with Gasteiger partial charge in [-0.2, -0.15) is 0 Å². The van der Waals surface area contributed by atoms with Crippen LogP contribution in [0.5, 0.6) is 0 Å². The first-order valence-electron chi connectivity index (χ1n) is 9.80. The number of aliphatic hydroxyl groups is 2. The van der Waals surface area contributed by atoms with Crippen molar-refractivity contribution >= 4 is 40.7 Å². The number of aromatic nitrogens is 3. The fraction of sp³-hybridized carbons (Fsp3) is 0.286. The van der Waals surface area contributed by atoms with Gasteiger partial charge >= 0.3 is 0 Å². The molecule has 0 saturated heterocycles. The molecular formula is C21H24Cl2N6O2. The highest BCUT2D eigenvalue weighted by molar-refractivity contribution is 6.35. The number of nitrogens with one attached hydrogen (secondary N) is 1. The highest BCUT2D eigenvalue weighted by Crippen LogP contribution is 2.35. The number of nitrogens with two attached hydrogens (primary N) is 1. The minimum absolute atomic E-state index is 0.106. The summed E-state index contributed by atoms with van der Waals surface area (Å²) >= 11 is 12.6. The molecule has 0 fully saturated rings. The van der Waals surface area contributed by atoms with E-state index in [1.165, 1.54) is 4.90 Å². The van der Waals surface area contributed by atoms with Gasteiger partial charge in [0.2, 0.25) is 5.95 Å². The Kier molecular flexibility index (Phi) is 8.39. The van der Waals surface area contributed by atoms with Gasteiger partial charge in [0, 0.05) is 42.6 Å². The number of benzene rings is 1. The Bertz CT molecular complexity index is 1010. The summed E-state index contributed by atoms with van der Waals surface area (Å²) in [6.07, 6.45) is 3.19. The third-order valence-electron chi connectivity index (χ3n) is 4.45. The van der Waals surface area contributed by atoms with Crippen LogP contribution in [-0.4, -0.2) is 51.1 Å². The van der Waals surface area contributed by atoms with Crippen LogP contribution >= 0.6 is 23.2 Å². The first kappa shape index (κ1) is 23.2. The third-order valence-corrected chi connectivity index (χ3v) is 5.00. The predicted octanol–water partition coefficient (Wildman–Crippen LogP) is 3.45. The number of anilines is 3. The Morgan fingerprint density at radius 2 is 1.90 bits per heavy atom. The number of hydrogen-bond acceptors (Lipinski definition) is 8. The lowest BCUT2D eigenvalue weighted by molar-refractivity contribution is 0.172. The van der Waals surface area contributed by atoms with E-state index in [0.29, 0.717) is 40.2 Å². The van der Waals surface area contributed by atoms with Gasteiger partial charge in [0.25, 0.3) is 0 Å². The molecule has 0 radical (unpaired) electrons. The first-order chi connectivity index (χ1) is 15.0. The molecule has 0 saturated carbocycles. The summed E-state index contributed by atoms with van der Waals surface area (Å²) in [7, 11) is 0. The van der Waals surface area contributed by atoms with Crippen LogP contribution in [0.25, 0.3) is 11.3 Å². The second-order valence-electron chi connectivity index (χ2n) is 6.70. The normalized spacial score (nSPS) is 11.9. The molecule has 0 aliphatic heterocycles. The Morgan fingerprint density at radius 1 is 1.10 bits per heavy atom. The second kappa shape index (κ2) is 11.2. The molecule has 3 rings (SSSR count). The van der Waals surface area contributed by atoms with E-state index < -0.39 is 6.23 Å². The standard InChI is InChI=1S/C21H24Cl2N6O2/c22-15-2-3-16(23)18(13-15)29(20(31)4-7-24)21-27-10-6-17(28-21)14-5-9-26-19(12-14)25-8-1-11-30/h2-3,5-6,9-10,12-13,20,30-31H,1,4,7-8,11,24H2,(H,25,26). The lowest BCUT2D eigenvalue weighted by Gasteiger charge is -2.29. The summed E-state index contributed by atoms with van der Waals surface area (Å²) in [5, 5.41) is 23.7. The zero-order chi connectivity index (χ0) is 22.2. The highest BCUT2D eigenvalue weighted by Gasteiger charge is 2.23. The van der Waals surface area contributed by atoms with Crippen molar-refractivity contribution in [2.45, 2.75) is 19.1 Å². The van der Waals surface area contributed by atoms with Gasteiger partial charge in [0.1, 0.15) is 12.0 Å². The van der Waals surface area contributed by atoms with E-state index in [-0.39, 0.29) is 25.5 Å². The monoisotopic (exact) mass is 462 g/mol. The number of rotatable bonds is 10. The maximum Gasteiger partial charge on any atom is 0.232 e. The molecule has 1 atom stereocenters. The van der Waals surface area contributed by atoms with E-state index in [1.54, 1.807) is 36.7 Å². The van der Waals surface area contributed by atoms with Crippen molar-refractivity contribution in [3.63, 3.8) is 0 Å². The van der Waals surface area contributed by atoms with E-state index in [1.807, 2.05) is 12.1 Å². The van der Waals surface area contributed by atoms with Gasteiger partial charge in [-0.3, -0.25) is 4.90 Å². The fourth-order valence-electron chi connectivity index (χ4n) is 2.96. The van der Waals surface area contributed by atoms with E-state index in [2.05, 4.69) is 20.3 Å². The minimum Gasteiger partial charge on any atom is -0.396 e. The van der Waals surface area contributed by atoms with Crippen LogP contribution in [0.2, 0.25) is 10.0 Å². The van der Waals surface area contributed by atoms with Crippen LogP contribution in [0, 0.1) is 0 Å². The summed E-state index contributed by atoms with van der Waals surface area (Å²) in [4.78, 5) is 14.8. The van der Waals surface area contributed by atoms with Gasteiger partial charge in [-0.1, -0.05) is 23.2 Å². The SMILES string of the molecule is NCCC(O)N(c1nccc(-c2ccnc(NCCCO)c2)n1)c1cc(Cl)ccc1Cl. The van der Waals surface area contributed by atoms with Crippen LogP contribution in [0.1, 0.15) is 12.8 Å². The number of aliphatic hydroxyl groups excluding tert-OH is 2. The number of hydrogen-bond donors (Lipinski definition) is 4. The van der Waals surface area contributed by atoms with E-state index in [0.717, 1.165) is 5.56 Å². The van der Waals surface area contributed by atoms with Gasteiger partial charge < -0.3 is 21.3 Å². The molecule has 0 bridgehead atoms. The van der Waals surface area contributed by atoms with Crippen molar-refractivity contribution in [3.05, 3.63) is 58.8 Å². The van der Waals surface area contributed by atoms with Crippen molar-refractivity contribution in [2.24, 2.45) is 5.73 Å². The van der Waals surface area contributed by atoms with Crippen molar-refractivity contribution in [3.8, 4) is 11.3 Å². The third kappa shape index (κ3) is 6.03. The zero-order valence-corrected chi connectivity index (χ0v) is 18.3. The molecule has 0 aliphatic rings. The van der Waals surface area contributed by atoms with Crippen LogP contribution < -0.4 is 16.0 Å². The molecule has 31 heavy (non-hydrogen) atoms. The molecule has 10 heteroatoms. The number of halogens is 2. The molecule has 3 aromatic rings. The van der Waals surface area contributed by atoms with E-state index in [4.69, 9.17) is 34.0 Å². The molecule has 2 aromatic heterocycles. The van der Waals surface area contributed by atoms with Crippen molar-refractivity contribution < 1.29 is 10.2 Å². The molecule has 0 aliphatic carbocycles. The van der Waals surface area contributed by atoms with E-state index >= 15 is 0 Å². The molecule has 0 amide bonds. The molecule has 2 heterocycles. The largest absolute Gasteiger partial charge is 0.396 e. The molecule has 1 aromatic carbocycles. The highest BCUT2D eigenvalue weighted by atomic mass is 35.5. The topological polar surface area (TPSA) is 120 Å². The van der Waals surface area contributed by atoms with Gasteiger partial charge in [-0.15, -0.1) is 0 Å². The summed E-state index contributed by atoms with van der Waals surface area (Å²) in [5.74, 6) is 0.929. The molecule has 1 unspecified atom stereocenters. The lowest BCUT2D eigenvalue weighted by Crippen LogP contribution is -2.34. The Hall–Kier alpha value is -2.49. The van der Waals surface area contributed by atoms with Crippen molar-refractivity contribution in [1.82, 2.24) is 15.0 Å². The Labute approximate surface area is 190 Å².